The van der Waals surface area contributed by atoms with Gasteiger partial charge in [0.15, 0.2) is 0 Å². The summed E-state index contributed by atoms with van der Waals surface area (Å²) >= 11 is 0. The summed E-state index contributed by atoms with van der Waals surface area (Å²) in [7, 11) is -3.52. The standard InChI is InChI=1S/C23H26N2O2S/c26-28(27,23-12-6-10-21-9-4-5-11-22(21)23)24-15-18-25-16-13-20(14-17-25)19-7-2-1-3-8-19/h1-12,20,24H,13-18H2. The summed E-state index contributed by atoms with van der Waals surface area (Å²) in [6.07, 6.45) is 2.25. The van der Waals surface area contributed by atoms with Gasteiger partial charge in [0.1, 0.15) is 0 Å². The lowest BCUT2D eigenvalue weighted by atomic mass is 9.89. The van der Waals surface area contributed by atoms with E-state index in [4.69, 9.17) is 0 Å². The minimum absolute atomic E-state index is 0.355. The van der Waals surface area contributed by atoms with E-state index in [0.717, 1.165) is 43.2 Å². The second-order valence-corrected chi connectivity index (χ2v) is 9.14. The number of hydrogen-bond acceptors (Lipinski definition) is 3. The third-order valence-corrected chi connectivity index (χ3v) is 7.14. The Kier molecular flexibility index (Phi) is 5.76. The molecular formula is C23H26N2O2S. The third-order valence-electron chi connectivity index (χ3n) is 5.62. The lowest BCUT2D eigenvalue weighted by Gasteiger charge is -2.32. The Morgan fingerprint density at radius 2 is 1.54 bits per heavy atom. The van der Waals surface area contributed by atoms with Crippen molar-refractivity contribution in [2.24, 2.45) is 0 Å². The lowest BCUT2D eigenvalue weighted by molar-refractivity contribution is 0.216. The molecular weight excluding hydrogens is 368 g/mol. The molecule has 0 aromatic heterocycles. The molecule has 0 saturated carbocycles. The number of rotatable bonds is 6. The average Bonchev–Trinajstić information content (AvgIpc) is 2.74. The molecule has 3 aromatic carbocycles. The SMILES string of the molecule is O=S(=O)(NCCN1CCC(c2ccccc2)CC1)c1cccc2ccccc12. The number of benzene rings is 3. The second-order valence-electron chi connectivity index (χ2n) is 7.40. The van der Waals surface area contributed by atoms with Gasteiger partial charge in [0, 0.05) is 18.5 Å². The van der Waals surface area contributed by atoms with Crippen LogP contribution in [0.3, 0.4) is 0 Å². The Morgan fingerprint density at radius 3 is 2.32 bits per heavy atom. The topological polar surface area (TPSA) is 49.4 Å². The van der Waals surface area contributed by atoms with Gasteiger partial charge in [-0.05, 0) is 48.9 Å². The lowest BCUT2D eigenvalue weighted by Crippen LogP contribution is -2.39. The molecule has 0 atom stereocenters. The predicted molar refractivity (Wildman–Crippen MR) is 114 cm³/mol. The summed E-state index contributed by atoms with van der Waals surface area (Å²) in [4.78, 5) is 2.71. The molecule has 0 amide bonds. The zero-order valence-electron chi connectivity index (χ0n) is 15.9. The van der Waals surface area contributed by atoms with Crippen LogP contribution in [0.5, 0.6) is 0 Å². The first-order valence-corrected chi connectivity index (χ1v) is 11.4. The van der Waals surface area contributed by atoms with Crippen molar-refractivity contribution in [3.05, 3.63) is 78.4 Å². The van der Waals surface area contributed by atoms with Crippen LogP contribution in [0.25, 0.3) is 10.8 Å². The van der Waals surface area contributed by atoms with Gasteiger partial charge in [-0.15, -0.1) is 0 Å². The fourth-order valence-electron chi connectivity index (χ4n) is 4.06. The van der Waals surface area contributed by atoms with E-state index in [2.05, 4.69) is 40.0 Å². The quantitative estimate of drug-likeness (QED) is 0.688. The Balaban J connectivity index is 1.33. The number of sulfonamides is 1. The number of likely N-dealkylation sites (tertiary alicyclic amines) is 1. The fraction of sp³-hybridized carbons (Fsp3) is 0.304. The minimum Gasteiger partial charge on any atom is -0.302 e. The van der Waals surface area contributed by atoms with Crippen molar-refractivity contribution in [3.8, 4) is 0 Å². The van der Waals surface area contributed by atoms with Gasteiger partial charge in [0.05, 0.1) is 4.90 Å². The molecule has 0 aliphatic carbocycles. The van der Waals surface area contributed by atoms with Gasteiger partial charge in [0.2, 0.25) is 10.0 Å². The normalized spacial score (nSPS) is 16.4. The van der Waals surface area contributed by atoms with Crippen LogP contribution in [0.15, 0.2) is 77.7 Å². The summed E-state index contributed by atoms with van der Waals surface area (Å²) < 4.78 is 28.4. The van der Waals surface area contributed by atoms with Gasteiger partial charge in [-0.1, -0.05) is 66.7 Å². The van der Waals surface area contributed by atoms with Crippen LogP contribution >= 0.6 is 0 Å². The van der Waals surface area contributed by atoms with Crippen molar-refractivity contribution in [1.29, 1.82) is 0 Å². The average molecular weight is 395 g/mol. The van der Waals surface area contributed by atoms with Crippen LogP contribution in [0.1, 0.15) is 24.3 Å². The van der Waals surface area contributed by atoms with Crippen molar-refractivity contribution in [2.45, 2.75) is 23.7 Å². The van der Waals surface area contributed by atoms with E-state index in [0.29, 0.717) is 17.4 Å². The van der Waals surface area contributed by atoms with Crippen LogP contribution in [0.4, 0.5) is 0 Å². The molecule has 146 valence electrons. The first kappa shape index (κ1) is 19.1. The molecule has 1 aliphatic heterocycles. The zero-order chi connectivity index (χ0) is 19.4. The Bertz CT molecular complexity index is 1020. The predicted octanol–water partition coefficient (Wildman–Crippen LogP) is 4.00. The highest BCUT2D eigenvalue weighted by atomic mass is 32.2. The monoisotopic (exact) mass is 394 g/mol. The Labute approximate surface area is 167 Å². The number of piperidine rings is 1. The van der Waals surface area contributed by atoms with E-state index < -0.39 is 10.0 Å². The van der Waals surface area contributed by atoms with E-state index >= 15 is 0 Å². The smallest absolute Gasteiger partial charge is 0.241 e. The Morgan fingerprint density at radius 1 is 0.857 bits per heavy atom. The largest absolute Gasteiger partial charge is 0.302 e. The summed E-state index contributed by atoms with van der Waals surface area (Å²) in [5.41, 5.74) is 1.42. The highest BCUT2D eigenvalue weighted by Crippen LogP contribution is 2.27. The highest BCUT2D eigenvalue weighted by molar-refractivity contribution is 7.89. The van der Waals surface area contributed by atoms with Crippen molar-refractivity contribution in [1.82, 2.24) is 9.62 Å². The van der Waals surface area contributed by atoms with Gasteiger partial charge >= 0.3 is 0 Å². The molecule has 1 aliphatic rings. The summed E-state index contributed by atoms with van der Waals surface area (Å²) in [6.45, 7) is 3.19. The molecule has 5 heteroatoms. The van der Waals surface area contributed by atoms with Crippen LogP contribution in [0.2, 0.25) is 0 Å². The van der Waals surface area contributed by atoms with Gasteiger partial charge in [0.25, 0.3) is 0 Å². The van der Waals surface area contributed by atoms with Crippen LogP contribution in [-0.4, -0.2) is 39.5 Å². The molecule has 4 nitrogen and oxygen atoms in total. The second kappa shape index (κ2) is 8.43. The molecule has 1 heterocycles. The van der Waals surface area contributed by atoms with E-state index in [1.807, 2.05) is 30.3 Å². The molecule has 4 rings (SSSR count). The molecule has 1 N–H and O–H groups in total. The first-order chi connectivity index (χ1) is 13.6. The van der Waals surface area contributed by atoms with Crippen molar-refractivity contribution in [2.75, 3.05) is 26.2 Å². The van der Waals surface area contributed by atoms with Gasteiger partial charge in [-0.3, -0.25) is 0 Å². The van der Waals surface area contributed by atoms with E-state index in [1.54, 1.807) is 12.1 Å². The molecule has 1 fully saturated rings. The van der Waals surface area contributed by atoms with Crippen molar-refractivity contribution >= 4 is 20.8 Å². The molecule has 3 aromatic rings. The third kappa shape index (κ3) is 4.27. The highest BCUT2D eigenvalue weighted by Gasteiger charge is 2.21. The zero-order valence-corrected chi connectivity index (χ0v) is 16.7. The van der Waals surface area contributed by atoms with E-state index in [-0.39, 0.29) is 0 Å². The van der Waals surface area contributed by atoms with Crippen molar-refractivity contribution < 1.29 is 8.42 Å². The summed E-state index contributed by atoms with van der Waals surface area (Å²) in [5.74, 6) is 0.616. The van der Waals surface area contributed by atoms with E-state index in [1.165, 1.54) is 5.56 Å². The van der Waals surface area contributed by atoms with Gasteiger partial charge in [-0.2, -0.15) is 0 Å². The maximum atomic E-state index is 12.8. The molecule has 28 heavy (non-hydrogen) atoms. The number of hydrogen-bond donors (Lipinski definition) is 1. The van der Waals surface area contributed by atoms with Crippen molar-refractivity contribution in [3.63, 3.8) is 0 Å². The maximum absolute atomic E-state index is 12.8. The van der Waals surface area contributed by atoms with Gasteiger partial charge in [-0.25, -0.2) is 13.1 Å². The summed E-state index contributed by atoms with van der Waals surface area (Å²) in [6, 6.07) is 23.7. The maximum Gasteiger partial charge on any atom is 0.241 e. The first-order valence-electron chi connectivity index (χ1n) is 9.88. The molecule has 0 unspecified atom stereocenters. The Hall–Kier alpha value is -2.21. The van der Waals surface area contributed by atoms with Crippen LogP contribution < -0.4 is 4.72 Å². The number of fused-ring (bicyclic) bond motifs is 1. The molecule has 0 bridgehead atoms. The van der Waals surface area contributed by atoms with Gasteiger partial charge < -0.3 is 4.90 Å². The van der Waals surface area contributed by atoms with E-state index in [9.17, 15) is 8.42 Å². The fourth-order valence-corrected chi connectivity index (χ4v) is 5.31. The molecule has 0 spiro atoms. The summed E-state index contributed by atoms with van der Waals surface area (Å²) in [5, 5.41) is 1.70. The number of nitrogens with zero attached hydrogens (tertiary/aromatic N) is 1. The number of nitrogens with one attached hydrogen (secondary N) is 1. The van der Waals surface area contributed by atoms with Crippen LogP contribution in [-0.2, 0) is 10.0 Å². The molecule has 1 saturated heterocycles. The minimum atomic E-state index is -3.52. The molecule has 0 radical (unpaired) electrons. The van der Waals surface area contributed by atoms with Crippen LogP contribution in [0, 0.1) is 0 Å².